The van der Waals surface area contributed by atoms with E-state index in [0.29, 0.717) is 19.1 Å². The van der Waals surface area contributed by atoms with Gasteiger partial charge in [-0.1, -0.05) is 6.92 Å². The third kappa shape index (κ3) is 5.54. The topological polar surface area (TPSA) is 68.2 Å². The van der Waals surface area contributed by atoms with Gasteiger partial charge in [-0.2, -0.15) is 0 Å². The Hall–Kier alpha value is -1.79. The highest BCUT2D eigenvalue weighted by Gasteiger charge is 2.22. The van der Waals surface area contributed by atoms with Crippen LogP contribution in [-0.2, 0) is 9.59 Å². The van der Waals surface area contributed by atoms with E-state index in [-0.39, 0.29) is 18.4 Å². The van der Waals surface area contributed by atoms with Crippen LogP contribution in [0.1, 0.15) is 27.2 Å². The molecule has 22 heavy (non-hydrogen) atoms. The molecule has 0 aromatic rings. The first-order valence-corrected chi connectivity index (χ1v) is 7.86. The first-order valence-electron chi connectivity index (χ1n) is 7.86. The third-order valence-electron chi connectivity index (χ3n) is 3.88. The number of nitrogens with zero attached hydrogens (tertiary/aromatic N) is 4. The summed E-state index contributed by atoms with van der Waals surface area (Å²) >= 11 is 0. The number of guanidine groups is 1. The van der Waals surface area contributed by atoms with Crippen LogP contribution in [0.4, 0.5) is 0 Å². The zero-order valence-corrected chi connectivity index (χ0v) is 14.4. The zero-order chi connectivity index (χ0) is 16.7. The molecule has 1 fully saturated rings. The van der Waals surface area contributed by atoms with E-state index >= 15 is 0 Å². The van der Waals surface area contributed by atoms with Gasteiger partial charge in [0, 0.05) is 53.2 Å². The van der Waals surface area contributed by atoms with Gasteiger partial charge in [-0.05, 0) is 13.3 Å². The average molecular weight is 311 g/mol. The van der Waals surface area contributed by atoms with Crippen molar-refractivity contribution in [2.75, 3.05) is 46.8 Å². The van der Waals surface area contributed by atoms with Crippen LogP contribution in [0.3, 0.4) is 0 Å². The maximum Gasteiger partial charge on any atom is 0.243 e. The fourth-order valence-corrected chi connectivity index (χ4v) is 2.08. The van der Waals surface area contributed by atoms with E-state index in [4.69, 9.17) is 0 Å². The Morgan fingerprint density at radius 1 is 1.18 bits per heavy atom. The summed E-state index contributed by atoms with van der Waals surface area (Å²) in [5.41, 5.74) is 0. The lowest BCUT2D eigenvalue weighted by Crippen LogP contribution is -2.54. The summed E-state index contributed by atoms with van der Waals surface area (Å²) in [5, 5.41) is 3.38. The Labute approximate surface area is 133 Å². The minimum atomic E-state index is -0.0224. The summed E-state index contributed by atoms with van der Waals surface area (Å²) in [5.74, 6) is 0.842. The molecule has 1 heterocycles. The van der Waals surface area contributed by atoms with Crippen molar-refractivity contribution >= 4 is 17.8 Å². The van der Waals surface area contributed by atoms with Gasteiger partial charge >= 0.3 is 0 Å². The van der Waals surface area contributed by atoms with Crippen LogP contribution in [0.5, 0.6) is 0 Å². The van der Waals surface area contributed by atoms with Crippen molar-refractivity contribution in [3.05, 3.63) is 0 Å². The number of carbonyl (C=O) groups excluding carboxylic acids is 2. The lowest BCUT2D eigenvalue weighted by atomic mass is 10.2. The molecular formula is C15H29N5O2. The van der Waals surface area contributed by atoms with Crippen molar-refractivity contribution < 1.29 is 9.59 Å². The number of hydrogen-bond donors (Lipinski definition) is 1. The van der Waals surface area contributed by atoms with E-state index in [0.717, 1.165) is 25.5 Å². The summed E-state index contributed by atoms with van der Waals surface area (Å²) in [7, 11) is 3.45. The Morgan fingerprint density at radius 2 is 1.73 bits per heavy atom. The Bertz CT molecular complexity index is 414. The summed E-state index contributed by atoms with van der Waals surface area (Å²) < 4.78 is 0. The quantitative estimate of drug-likeness (QED) is 0.585. The van der Waals surface area contributed by atoms with Gasteiger partial charge < -0.3 is 20.0 Å². The van der Waals surface area contributed by atoms with E-state index in [9.17, 15) is 9.59 Å². The molecule has 0 aromatic carbocycles. The van der Waals surface area contributed by atoms with Crippen molar-refractivity contribution in [1.82, 2.24) is 20.0 Å². The molecular weight excluding hydrogens is 282 g/mol. The Morgan fingerprint density at radius 3 is 2.18 bits per heavy atom. The molecule has 0 bridgehead atoms. The van der Waals surface area contributed by atoms with Crippen LogP contribution in [0.25, 0.3) is 0 Å². The summed E-state index contributed by atoms with van der Waals surface area (Å²) in [6.07, 6.45) is 0.980. The number of likely N-dealkylation sites (N-methyl/N-ethyl adjacent to an activating group) is 1. The molecule has 1 aliphatic rings. The zero-order valence-electron chi connectivity index (χ0n) is 14.4. The smallest absolute Gasteiger partial charge is 0.243 e. The van der Waals surface area contributed by atoms with Gasteiger partial charge in [-0.25, -0.2) is 4.99 Å². The number of carbonyl (C=O) groups is 2. The SMILES string of the molecule is CCC(C)NC(=NCC(=O)N(C)C)N1CCN(C(C)=O)CC1. The molecule has 126 valence electrons. The summed E-state index contributed by atoms with van der Waals surface area (Å²) in [4.78, 5) is 33.1. The maximum absolute atomic E-state index is 11.7. The molecule has 0 radical (unpaired) electrons. The molecule has 1 aliphatic heterocycles. The molecule has 0 aliphatic carbocycles. The highest BCUT2D eigenvalue weighted by Crippen LogP contribution is 2.04. The molecule has 7 heteroatoms. The standard InChI is InChI=1S/C15H29N5O2/c1-6-12(2)17-15(16-11-14(22)18(4)5)20-9-7-19(8-10-20)13(3)21/h12H,6-11H2,1-5H3,(H,16,17). The lowest BCUT2D eigenvalue weighted by Gasteiger charge is -2.37. The number of piperazine rings is 1. The van der Waals surface area contributed by atoms with Gasteiger partial charge in [0.1, 0.15) is 6.54 Å². The highest BCUT2D eigenvalue weighted by atomic mass is 16.2. The molecule has 7 nitrogen and oxygen atoms in total. The number of nitrogens with one attached hydrogen (secondary N) is 1. The van der Waals surface area contributed by atoms with Gasteiger partial charge in [0.25, 0.3) is 0 Å². The minimum absolute atomic E-state index is 0.0224. The van der Waals surface area contributed by atoms with Crippen LogP contribution < -0.4 is 5.32 Å². The van der Waals surface area contributed by atoms with E-state index in [1.807, 2.05) is 4.90 Å². The van der Waals surface area contributed by atoms with Gasteiger partial charge in [0.15, 0.2) is 5.96 Å². The summed E-state index contributed by atoms with van der Waals surface area (Å²) in [6, 6.07) is 0.291. The molecule has 1 atom stereocenters. The van der Waals surface area contributed by atoms with Gasteiger partial charge in [0.2, 0.25) is 11.8 Å². The molecule has 0 aromatic heterocycles. The largest absolute Gasteiger partial charge is 0.354 e. The van der Waals surface area contributed by atoms with Crippen molar-refractivity contribution in [3.63, 3.8) is 0 Å². The Balaban J connectivity index is 2.72. The molecule has 1 rings (SSSR count). The average Bonchev–Trinajstić information content (AvgIpc) is 2.50. The molecule has 1 N–H and O–H groups in total. The fraction of sp³-hybridized carbons (Fsp3) is 0.800. The molecule has 1 unspecified atom stereocenters. The molecule has 0 saturated carbocycles. The lowest BCUT2D eigenvalue weighted by molar-refractivity contribution is -0.130. The fourth-order valence-electron chi connectivity index (χ4n) is 2.08. The number of hydrogen-bond acceptors (Lipinski definition) is 3. The van der Waals surface area contributed by atoms with Crippen LogP contribution in [0, 0.1) is 0 Å². The van der Waals surface area contributed by atoms with Gasteiger partial charge in [-0.3, -0.25) is 9.59 Å². The first-order chi connectivity index (χ1) is 10.3. The van der Waals surface area contributed by atoms with E-state index < -0.39 is 0 Å². The highest BCUT2D eigenvalue weighted by molar-refractivity contribution is 5.85. The first kappa shape index (κ1) is 18.3. The summed E-state index contributed by atoms with van der Waals surface area (Å²) in [6.45, 7) is 8.78. The van der Waals surface area contributed by atoms with Crippen LogP contribution >= 0.6 is 0 Å². The van der Waals surface area contributed by atoms with Crippen molar-refractivity contribution in [3.8, 4) is 0 Å². The second-order valence-electron chi connectivity index (χ2n) is 5.87. The van der Waals surface area contributed by atoms with Gasteiger partial charge in [-0.15, -0.1) is 0 Å². The number of rotatable bonds is 4. The monoisotopic (exact) mass is 311 g/mol. The second kappa shape index (κ2) is 8.60. The third-order valence-corrected chi connectivity index (χ3v) is 3.88. The number of amides is 2. The Kier molecular flexibility index (Phi) is 7.14. The predicted molar refractivity (Wildman–Crippen MR) is 87.7 cm³/mol. The second-order valence-corrected chi connectivity index (χ2v) is 5.87. The molecule has 0 spiro atoms. The van der Waals surface area contributed by atoms with Crippen molar-refractivity contribution in [2.45, 2.75) is 33.2 Å². The van der Waals surface area contributed by atoms with E-state index in [1.54, 1.807) is 21.0 Å². The normalized spacial score (nSPS) is 17.2. The van der Waals surface area contributed by atoms with Crippen LogP contribution in [0.2, 0.25) is 0 Å². The van der Waals surface area contributed by atoms with Crippen molar-refractivity contribution in [2.24, 2.45) is 4.99 Å². The van der Waals surface area contributed by atoms with E-state index in [2.05, 4.69) is 29.1 Å². The van der Waals surface area contributed by atoms with E-state index in [1.165, 1.54) is 4.90 Å². The minimum Gasteiger partial charge on any atom is -0.354 e. The maximum atomic E-state index is 11.7. The molecule has 1 saturated heterocycles. The van der Waals surface area contributed by atoms with Crippen LogP contribution in [-0.4, -0.2) is 85.3 Å². The number of aliphatic imine (C=N–C) groups is 1. The van der Waals surface area contributed by atoms with Crippen molar-refractivity contribution in [1.29, 1.82) is 0 Å². The van der Waals surface area contributed by atoms with Gasteiger partial charge in [0.05, 0.1) is 0 Å². The van der Waals surface area contributed by atoms with Crippen LogP contribution in [0.15, 0.2) is 4.99 Å². The molecule has 2 amide bonds. The predicted octanol–water partition coefficient (Wildman–Crippen LogP) is -0.0172.